The van der Waals surface area contributed by atoms with Crippen LogP contribution in [-0.2, 0) is 0 Å². The Hall–Kier alpha value is -2.52. The maximum atomic E-state index is 11.7. The van der Waals surface area contributed by atoms with E-state index in [2.05, 4.69) is 10.3 Å². The summed E-state index contributed by atoms with van der Waals surface area (Å²) in [5.41, 5.74) is 0.588. The number of carbonyl (C=O) groups excluding carboxylic acids is 1. The minimum atomic E-state index is -0.894. The second-order valence-electron chi connectivity index (χ2n) is 3.64. The summed E-state index contributed by atoms with van der Waals surface area (Å²) in [7, 11) is 0. The summed E-state index contributed by atoms with van der Waals surface area (Å²) in [4.78, 5) is 14.3. The number of furan rings is 1. The number of hydrogen-bond donors (Lipinski definition) is 3. The van der Waals surface area contributed by atoms with Gasteiger partial charge in [0.25, 0.3) is 5.91 Å². The van der Waals surface area contributed by atoms with Crippen LogP contribution in [-0.4, -0.2) is 22.5 Å². The number of aliphatic hydroxyl groups is 1. The zero-order valence-electron chi connectivity index (χ0n) is 9.38. The molecule has 2 aromatic rings. The first-order valence-electron chi connectivity index (χ1n) is 5.29. The average Bonchev–Trinajstić information content (AvgIpc) is 3.05. The number of aliphatic hydroxyl groups excluding tert-OH is 1. The Balaban J connectivity index is 1.91. The molecule has 2 rings (SSSR count). The van der Waals surface area contributed by atoms with E-state index >= 15 is 0 Å². The first kappa shape index (κ1) is 12.0. The number of nitrogens with zero attached hydrogens (tertiary/aromatic N) is 1. The van der Waals surface area contributed by atoms with Crippen LogP contribution in [0.15, 0.2) is 34.9 Å². The standard InChI is InChI=1S/C12H11N3O3/c13-6-8-3-4-9(15-8)12(17)14-7-10(16)11-2-1-5-18-11/h1-5,10,15-16H,7H2,(H,14,17). The van der Waals surface area contributed by atoms with E-state index in [4.69, 9.17) is 9.68 Å². The van der Waals surface area contributed by atoms with Gasteiger partial charge in [-0.2, -0.15) is 5.26 Å². The topological polar surface area (TPSA) is 102 Å². The monoisotopic (exact) mass is 245 g/mol. The Morgan fingerprint density at radius 2 is 2.39 bits per heavy atom. The molecule has 2 aromatic heterocycles. The van der Waals surface area contributed by atoms with E-state index in [1.54, 1.807) is 12.1 Å². The molecule has 92 valence electrons. The van der Waals surface area contributed by atoms with Gasteiger partial charge in [0.05, 0.1) is 12.8 Å². The van der Waals surface area contributed by atoms with Crippen LogP contribution < -0.4 is 5.32 Å². The molecule has 1 atom stereocenters. The number of hydrogen-bond acceptors (Lipinski definition) is 4. The summed E-state index contributed by atoms with van der Waals surface area (Å²) in [6, 6.07) is 8.19. The molecular weight excluding hydrogens is 234 g/mol. The molecule has 0 aromatic carbocycles. The average molecular weight is 245 g/mol. The van der Waals surface area contributed by atoms with Gasteiger partial charge < -0.3 is 19.8 Å². The molecule has 0 spiro atoms. The van der Waals surface area contributed by atoms with Crippen molar-refractivity contribution in [2.45, 2.75) is 6.10 Å². The lowest BCUT2D eigenvalue weighted by atomic mass is 10.2. The normalized spacial score (nSPS) is 11.8. The maximum Gasteiger partial charge on any atom is 0.267 e. The van der Waals surface area contributed by atoms with Gasteiger partial charge in [0, 0.05) is 0 Å². The van der Waals surface area contributed by atoms with Crippen molar-refractivity contribution in [1.82, 2.24) is 10.3 Å². The van der Waals surface area contributed by atoms with E-state index < -0.39 is 6.10 Å². The molecule has 6 heteroatoms. The highest BCUT2D eigenvalue weighted by molar-refractivity contribution is 5.92. The van der Waals surface area contributed by atoms with Crippen LogP contribution in [0.1, 0.15) is 28.0 Å². The molecule has 0 aliphatic heterocycles. The predicted molar refractivity (Wildman–Crippen MR) is 61.5 cm³/mol. The van der Waals surface area contributed by atoms with Gasteiger partial charge in [-0.3, -0.25) is 4.79 Å². The first-order valence-corrected chi connectivity index (χ1v) is 5.29. The molecular formula is C12H11N3O3. The van der Waals surface area contributed by atoms with Gasteiger partial charge in [0.2, 0.25) is 0 Å². The molecule has 0 radical (unpaired) electrons. The van der Waals surface area contributed by atoms with Crippen molar-refractivity contribution in [3.63, 3.8) is 0 Å². The molecule has 2 heterocycles. The Bertz CT molecular complexity index is 566. The highest BCUT2D eigenvalue weighted by atomic mass is 16.4. The predicted octanol–water partition coefficient (Wildman–Crippen LogP) is 0.943. The first-order chi connectivity index (χ1) is 8.70. The van der Waals surface area contributed by atoms with Crippen molar-refractivity contribution in [1.29, 1.82) is 5.26 Å². The van der Waals surface area contributed by atoms with Gasteiger partial charge in [0.1, 0.15) is 29.3 Å². The maximum absolute atomic E-state index is 11.7. The minimum absolute atomic E-state index is 0.0350. The lowest BCUT2D eigenvalue weighted by Crippen LogP contribution is -2.28. The number of aromatic amines is 1. The van der Waals surface area contributed by atoms with E-state index in [-0.39, 0.29) is 18.1 Å². The Kier molecular flexibility index (Phi) is 3.46. The summed E-state index contributed by atoms with van der Waals surface area (Å²) >= 11 is 0. The highest BCUT2D eigenvalue weighted by Gasteiger charge is 2.13. The van der Waals surface area contributed by atoms with Gasteiger partial charge >= 0.3 is 0 Å². The number of rotatable bonds is 4. The van der Waals surface area contributed by atoms with E-state index in [9.17, 15) is 9.90 Å². The van der Waals surface area contributed by atoms with Gasteiger partial charge in [-0.05, 0) is 24.3 Å². The highest BCUT2D eigenvalue weighted by Crippen LogP contribution is 2.11. The zero-order chi connectivity index (χ0) is 13.0. The smallest absolute Gasteiger partial charge is 0.267 e. The number of H-pyrrole nitrogens is 1. The molecule has 0 saturated carbocycles. The molecule has 0 fully saturated rings. The van der Waals surface area contributed by atoms with Crippen molar-refractivity contribution in [2.24, 2.45) is 0 Å². The van der Waals surface area contributed by atoms with Crippen LogP contribution in [0.4, 0.5) is 0 Å². The summed E-state index contributed by atoms with van der Waals surface area (Å²) in [6.07, 6.45) is 0.555. The lowest BCUT2D eigenvalue weighted by molar-refractivity contribution is 0.0897. The fraction of sp³-hybridized carbons (Fsp3) is 0.167. The summed E-state index contributed by atoms with van der Waals surface area (Å²) in [5, 5.41) is 20.8. The van der Waals surface area contributed by atoms with E-state index in [1.807, 2.05) is 6.07 Å². The van der Waals surface area contributed by atoms with Gasteiger partial charge in [-0.15, -0.1) is 0 Å². The molecule has 3 N–H and O–H groups in total. The van der Waals surface area contributed by atoms with Crippen LogP contribution >= 0.6 is 0 Å². The van der Waals surface area contributed by atoms with Crippen LogP contribution in [0, 0.1) is 11.3 Å². The quantitative estimate of drug-likeness (QED) is 0.746. The van der Waals surface area contributed by atoms with Gasteiger partial charge in [0.15, 0.2) is 0 Å². The molecule has 0 bridgehead atoms. The minimum Gasteiger partial charge on any atom is -0.467 e. The Morgan fingerprint density at radius 3 is 3.00 bits per heavy atom. The van der Waals surface area contributed by atoms with E-state index in [0.717, 1.165) is 0 Å². The number of nitrogens with one attached hydrogen (secondary N) is 2. The van der Waals surface area contributed by atoms with Gasteiger partial charge in [-0.1, -0.05) is 0 Å². The largest absolute Gasteiger partial charge is 0.467 e. The second-order valence-corrected chi connectivity index (χ2v) is 3.64. The summed E-state index contributed by atoms with van der Waals surface area (Å²) < 4.78 is 5.00. The van der Waals surface area contributed by atoms with E-state index in [0.29, 0.717) is 11.5 Å². The van der Waals surface area contributed by atoms with Crippen molar-refractivity contribution < 1.29 is 14.3 Å². The third-order valence-corrected chi connectivity index (χ3v) is 2.38. The molecule has 0 aliphatic carbocycles. The van der Waals surface area contributed by atoms with Crippen LogP contribution in [0.2, 0.25) is 0 Å². The van der Waals surface area contributed by atoms with Crippen LogP contribution in [0.25, 0.3) is 0 Å². The van der Waals surface area contributed by atoms with Crippen molar-refractivity contribution >= 4 is 5.91 Å². The molecule has 18 heavy (non-hydrogen) atoms. The van der Waals surface area contributed by atoms with Crippen molar-refractivity contribution in [2.75, 3.05) is 6.54 Å². The molecule has 6 nitrogen and oxygen atoms in total. The van der Waals surface area contributed by atoms with Crippen LogP contribution in [0.3, 0.4) is 0 Å². The number of amides is 1. The van der Waals surface area contributed by atoms with Gasteiger partial charge in [-0.25, -0.2) is 0 Å². The Morgan fingerprint density at radius 1 is 1.56 bits per heavy atom. The fourth-order valence-electron chi connectivity index (χ4n) is 1.46. The molecule has 1 amide bonds. The van der Waals surface area contributed by atoms with Crippen molar-refractivity contribution in [3.05, 3.63) is 47.7 Å². The number of nitriles is 1. The third kappa shape index (κ3) is 2.59. The molecule has 0 saturated heterocycles. The lowest BCUT2D eigenvalue weighted by Gasteiger charge is -2.08. The number of aromatic nitrogens is 1. The van der Waals surface area contributed by atoms with E-state index in [1.165, 1.54) is 18.4 Å². The Labute approximate surface area is 103 Å². The second kappa shape index (κ2) is 5.21. The summed E-state index contributed by atoms with van der Waals surface area (Å²) in [6.45, 7) is 0.0350. The number of carbonyl (C=O) groups is 1. The summed E-state index contributed by atoms with van der Waals surface area (Å²) in [5.74, 6) is 0.00149. The molecule has 0 aliphatic rings. The zero-order valence-corrected chi connectivity index (χ0v) is 9.38. The SMILES string of the molecule is N#Cc1ccc(C(=O)NCC(O)c2ccco2)[nH]1. The van der Waals surface area contributed by atoms with Crippen molar-refractivity contribution in [3.8, 4) is 6.07 Å². The fourth-order valence-corrected chi connectivity index (χ4v) is 1.46. The molecule has 1 unspecified atom stereocenters. The van der Waals surface area contributed by atoms with Crippen LogP contribution in [0.5, 0.6) is 0 Å². The third-order valence-electron chi connectivity index (χ3n) is 2.38.